The van der Waals surface area contributed by atoms with Crippen molar-refractivity contribution in [1.82, 2.24) is 14.8 Å². The van der Waals surface area contributed by atoms with Crippen LogP contribution in [0.1, 0.15) is 22.0 Å². The normalized spacial score (nSPS) is 16.0. The fourth-order valence-corrected chi connectivity index (χ4v) is 3.42. The van der Waals surface area contributed by atoms with E-state index in [1.54, 1.807) is 23.1 Å². The SMILES string of the molecule is COC(=O)C(c1ccccc1Cl)N1CCN(C(=O)c2ccnc(F)c2)CC1. The Morgan fingerprint density at radius 1 is 1.19 bits per heavy atom. The third-order valence-electron chi connectivity index (χ3n) is 4.56. The van der Waals surface area contributed by atoms with E-state index in [-0.39, 0.29) is 11.5 Å². The van der Waals surface area contributed by atoms with Crippen molar-refractivity contribution < 1.29 is 18.7 Å². The highest BCUT2D eigenvalue weighted by Gasteiger charge is 2.33. The Labute approximate surface area is 161 Å². The van der Waals surface area contributed by atoms with Crippen LogP contribution in [0.15, 0.2) is 42.6 Å². The molecule has 2 aromatic rings. The zero-order chi connectivity index (χ0) is 19.4. The van der Waals surface area contributed by atoms with Gasteiger partial charge in [-0.05, 0) is 17.7 Å². The number of rotatable bonds is 4. The van der Waals surface area contributed by atoms with Gasteiger partial charge in [-0.2, -0.15) is 4.39 Å². The molecule has 0 N–H and O–H groups in total. The molecule has 0 bridgehead atoms. The van der Waals surface area contributed by atoms with Crippen LogP contribution in [0.3, 0.4) is 0 Å². The second-order valence-corrected chi connectivity index (χ2v) is 6.55. The predicted molar refractivity (Wildman–Crippen MR) is 97.9 cm³/mol. The second-order valence-electron chi connectivity index (χ2n) is 6.14. The fraction of sp³-hybridized carbons (Fsp3) is 0.316. The number of hydrogen-bond donors (Lipinski definition) is 0. The minimum absolute atomic E-state index is 0.256. The monoisotopic (exact) mass is 391 g/mol. The number of hydrogen-bond acceptors (Lipinski definition) is 5. The van der Waals surface area contributed by atoms with Crippen LogP contribution in [0.25, 0.3) is 0 Å². The van der Waals surface area contributed by atoms with Gasteiger partial charge in [0.15, 0.2) is 0 Å². The van der Waals surface area contributed by atoms with Crippen molar-refractivity contribution in [3.8, 4) is 0 Å². The minimum atomic E-state index is -0.691. The van der Waals surface area contributed by atoms with E-state index in [1.165, 1.54) is 19.4 Å². The van der Waals surface area contributed by atoms with Crippen LogP contribution in [0.5, 0.6) is 0 Å². The van der Waals surface area contributed by atoms with Gasteiger partial charge >= 0.3 is 5.97 Å². The molecule has 27 heavy (non-hydrogen) atoms. The molecule has 2 heterocycles. The van der Waals surface area contributed by atoms with E-state index in [9.17, 15) is 14.0 Å². The topological polar surface area (TPSA) is 62.7 Å². The summed E-state index contributed by atoms with van der Waals surface area (Å²) in [6, 6.07) is 9.10. The zero-order valence-electron chi connectivity index (χ0n) is 14.8. The molecular weight excluding hydrogens is 373 g/mol. The van der Waals surface area contributed by atoms with Crippen LogP contribution in [0.4, 0.5) is 4.39 Å². The number of pyridine rings is 1. The van der Waals surface area contributed by atoms with Gasteiger partial charge in [-0.3, -0.25) is 9.69 Å². The van der Waals surface area contributed by atoms with Gasteiger partial charge in [0.1, 0.15) is 6.04 Å². The third kappa shape index (κ3) is 4.26. The summed E-state index contributed by atoms with van der Waals surface area (Å²) in [6.07, 6.45) is 1.27. The number of nitrogens with zero attached hydrogens (tertiary/aromatic N) is 3. The average molecular weight is 392 g/mol. The molecule has 1 amide bonds. The predicted octanol–water partition coefficient (Wildman–Crippen LogP) is 2.55. The molecule has 8 heteroatoms. The van der Waals surface area contributed by atoms with E-state index in [1.807, 2.05) is 11.0 Å². The van der Waals surface area contributed by atoms with Crippen LogP contribution in [-0.2, 0) is 9.53 Å². The Balaban J connectivity index is 1.73. The van der Waals surface area contributed by atoms with Crippen molar-refractivity contribution in [3.05, 3.63) is 64.7 Å². The van der Waals surface area contributed by atoms with Crippen molar-refractivity contribution in [2.24, 2.45) is 0 Å². The van der Waals surface area contributed by atoms with E-state index in [0.717, 1.165) is 6.07 Å². The van der Waals surface area contributed by atoms with Crippen molar-refractivity contribution in [2.75, 3.05) is 33.3 Å². The summed E-state index contributed by atoms with van der Waals surface area (Å²) in [5, 5.41) is 0.485. The molecule has 1 fully saturated rings. The quantitative estimate of drug-likeness (QED) is 0.592. The lowest BCUT2D eigenvalue weighted by atomic mass is 10.0. The zero-order valence-corrected chi connectivity index (χ0v) is 15.5. The van der Waals surface area contributed by atoms with Crippen molar-refractivity contribution in [1.29, 1.82) is 0 Å². The maximum absolute atomic E-state index is 13.3. The van der Waals surface area contributed by atoms with Crippen molar-refractivity contribution >= 4 is 23.5 Å². The molecule has 1 atom stereocenters. The summed E-state index contributed by atoms with van der Waals surface area (Å²) in [6.45, 7) is 1.73. The number of carbonyl (C=O) groups is 2. The van der Waals surface area contributed by atoms with E-state index in [0.29, 0.717) is 36.8 Å². The maximum Gasteiger partial charge on any atom is 0.327 e. The fourth-order valence-electron chi connectivity index (χ4n) is 3.18. The third-order valence-corrected chi connectivity index (χ3v) is 4.91. The standard InChI is InChI=1S/C19H19ClFN3O3/c1-27-19(26)17(14-4-2-3-5-15(14)20)23-8-10-24(11-9-23)18(25)13-6-7-22-16(21)12-13/h2-7,12,17H,8-11H2,1H3. The van der Waals surface area contributed by atoms with Gasteiger partial charge in [0, 0.05) is 49.0 Å². The summed E-state index contributed by atoms with van der Waals surface area (Å²) < 4.78 is 18.2. The molecular formula is C19H19ClFN3O3. The lowest BCUT2D eigenvalue weighted by molar-refractivity contribution is -0.148. The number of benzene rings is 1. The molecule has 1 saturated heterocycles. The van der Waals surface area contributed by atoms with E-state index in [4.69, 9.17) is 16.3 Å². The number of piperazine rings is 1. The molecule has 3 rings (SSSR count). The summed E-state index contributed by atoms with van der Waals surface area (Å²) in [5.41, 5.74) is 0.925. The molecule has 0 aliphatic carbocycles. The molecule has 1 aliphatic heterocycles. The van der Waals surface area contributed by atoms with Crippen LogP contribution in [0.2, 0.25) is 5.02 Å². The van der Waals surface area contributed by atoms with E-state index < -0.39 is 18.0 Å². The van der Waals surface area contributed by atoms with Crippen molar-refractivity contribution in [2.45, 2.75) is 6.04 Å². The Kier molecular flexibility index (Phi) is 6.03. The second kappa shape index (κ2) is 8.45. The number of ether oxygens (including phenoxy) is 1. The number of amides is 1. The average Bonchev–Trinajstić information content (AvgIpc) is 2.69. The van der Waals surface area contributed by atoms with Gasteiger partial charge in [-0.1, -0.05) is 29.8 Å². The van der Waals surface area contributed by atoms with Crippen LogP contribution >= 0.6 is 11.6 Å². The van der Waals surface area contributed by atoms with Gasteiger partial charge in [0.25, 0.3) is 5.91 Å². The van der Waals surface area contributed by atoms with Crippen LogP contribution in [-0.4, -0.2) is 59.9 Å². The van der Waals surface area contributed by atoms with Gasteiger partial charge in [0.2, 0.25) is 5.95 Å². The summed E-state index contributed by atoms with van der Waals surface area (Å²) in [4.78, 5) is 32.0. The van der Waals surface area contributed by atoms with Gasteiger partial charge in [-0.25, -0.2) is 9.78 Å². The van der Waals surface area contributed by atoms with E-state index in [2.05, 4.69) is 4.98 Å². The highest BCUT2D eigenvalue weighted by Crippen LogP contribution is 2.29. The first-order chi connectivity index (χ1) is 13.0. The summed E-state index contributed by atoms with van der Waals surface area (Å²) in [5.74, 6) is -1.36. The molecule has 0 saturated carbocycles. The molecule has 0 radical (unpaired) electrons. The molecule has 0 spiro atoms. The van der Waals surface area contributed by atoms with Gasteiger partial charge < -0.3 is 9.64 Å². The first-order valence-corrected chi connectivity index (χ1v) is 8.86. The summed E-state index contributed by atoms with van der Waals surface area (Å²) >= 11 is 6.27. The number of methoxy groups -OCH3 is 1. The molecule has 6 nitrogen and oxygen atoms in total. The number of carbonyl (C=O) groups excluding carboxylic acids is 2. The lowest BCUT2D eigenvalue weighted by Gasteiger charge is -2.38. The lowest BCUT2D eigenvalue weighted by Crippen LogP contribution is -2.51. The largest absolute Gasteiger partial charge is 0.468 e. The smallest absolute Gasteiger partial charge is 0.327 e. The maximum atomic E-state index is 13.3. The molecule has 142 valence electrons. The summed E-state index contributed by atoms with van der Waals surface area (Å²) in [7, 11) is 1.34. The number of halogens is 2. The van der Waals surface area contributed by atoms with Crippen LogP contribution < -0.4 is 0 Å². The number of aromatic nitrogens is 1. The Morgan fingerprint density at radius 2 is 1.89 bits per heavy atom. The first-order valence-electron chi connectivity index (χ1n) is 8.48. The van der Waals surface area contributed by atoms with Crippen LogP contribution in [0, 0.1) is 5.95 Å². The Hall–Kier alpha value is -2.51. The molecule has 1 aliphatic rings. The molecule has 1 aromatic carbocycles. The number of esters is 1. The highest BCUT2D eigenvalue weighted by molar-refractivity contribution is 6.31. The molecule has 1 aromatic heterocycles. The van der Waals surface area contributed by atoms with Crippen molar-refractivity contribution in [3.63, 3.8) is 0 Å². The highest BCUT2D eigenvalue weighted by atomic mass is 35.5. The Bertz CT molecular complexity index is 840. The van der Waals surface area contributed by atoms with Gasteiger partial charge in [-0.15, -0.1) is 0 Å². The Morgan fingerprint density at radius 3 is 2.52 bits per heavy atom. The van der Waals surface area contributed by atoms with E-state index >= 15 is 0 Å². The minimum Gasteiger partial charge on any atom is -0.468 e. The first kappa shape index (κ1) is 19.3. The molecule has 1 unspecified atom stereocenters. The van der Waals surface area contributed by atoms with Gasteiger partial charge in [0.05, 0.1) is 7.11 Å².